The third-order valence-electron chi connectivity index (χ3n) is 3.72. The lowest BCUT2D eigenvalue weighted by Crippen LogP contribution is -2.49. The highest BCUT2D eigenvalue weighted by molar-refractivity contribution is 5.80. The second-order valence-electron chi connectivity index (χ2n) is 5.12. The van der Waals surface area contributed by atoms with Gasteiger partial charge in [0.05, 0.1) is 5.92 Å². The molecule has 1 fully saturated rings. The van der Waals surface area contributed by atoms with E-state index in [2.05, 4.69) is 17.6 Å². The van der Waals surface area contributed by atoms with Gasteiger partial charge in [-0.25, -0.2) is 0 Å². The van der Waals surface area contributed by atoms with Crippen LogP contribution in [-0.4, -0.2) is 36.2 Å². The van der Waals surface area contributed by atoms with Crippen LogP contribution in [0.2, 0.25) is 0 Å². The van der Waals surface area contributed by atoms with Crippen molar-refractivity contribution in [2.75, 3.05) is 19.7 Å². The molecule has 1 aliphatic heterocycles. The van der Waals surface area contributed by atoms with Crippen LogP contribution < -0.4 is 10.6 Å². The van der Waals surface area contributed by atoms with Crippen molar-refractivity contribution in [3.63, 3.8) is 0 Å². The molecule has 0 aromatic rings. The molecule has 0 bridgehead atoms. The molecule has 1 heterocycles. The number of nitrogens with one attached hydrogen (secondary N) is 2. The summed E-state index contributed by atoms with van der Waals surface area (Å²) in [5, 5.41) is 15.3. The first-order chi connectivity index (χ1) is 7.52. The molecule has 0 saturated carbocycles. The van der Waals surface area contributed by atoms with Gasteiger partial charge >= 0.3 is 0 Å². The van der Waals surface area contributed by atoms with Gasteiger partial charge in [-0.15, -0.1) is 0 Å². The number of aliphatic hydroxyl groups excluding tert-OH is 1. The van der Waals surface area contributed by atoms with Crippen LogP contribution >= 0.6 is 0 Å². The summed E-state index contributed by atoms with van der Waals surface area (Å²) in [6, 6.07) is 0. The second-order valence-corrected chi connectivity index (χ2v) is 5.12. The molecule has 3 atom stereocenters. The first-order valence-corrected chi connectivity index (χ1v) is 6.16. The van der Waals surface area contributed by atoms with E-state index in [9.17, 15) is 4.79 Å². The Labute approximate surface area is 97.8 Å². The predicted molar refractivity (Wildman–Crippen MR) is 64.1 cm³/mol. The van der Waals surface area contributed by atoms with Gasteiger partial charge in [-0.3, -0.25) is 4.79 Å². The molecule has 4 heteroatoms. The lowest BCUT2D eigenvalue weighted by Gasteiger charge is -2.31. The van der Waals surface area contributed by atoms with E-state index in [-0.39, 0.29) is 24.0 Å². The van der Waals surface area contributed by atoms with Crippen molar-refractivity contribution in [3.05, 3.63) is 0 Å². The smallest absolute Gasteiger partial charge is 0.225 e. The highest BCUT2D eigenvalue weighted by Crippen LogP contribution is 2.20. The van der Waals surface area contributed by atoms with Crippen molar-refractivity contribution in [1.29, 1.82) is 0 Å². The third kappa shape index (κ3) is 3.19. The van der Waals surface area contributed by atoms with Crippen LogP contribution in [0.4, 0.5) is 0 Å². The number of amides is 1. The van der Waals surface area contributed by atoms with Crippen LogP contribution in [0.15, 0.2) is 0 Å². The summed E-state index contributed by atoms with van der Waals surface area (Å²) in [6.07, 6.45) is 1.46. The molecule has 3 N–H and O–H groups in total. The van der Waals surface area contributed by atoms with E-state index >= 15 is 0 Å². The van der Waals surface area contributed by atoms with E-state index in [1.165, 1.54) is 0 Å². The monoisotopic (exact) mass is 228 g/mol. The van der Waals surface area contributed by atoms with Gasteiger partial charge in [0.25, 0.3) is 0 Å². The minimum atomic E-state index is -0.270. The average Bonchev–Trinajstić information content (AvgIpc) is 2.65. The van der Waals surface area contributed by atoms with Crippen LogP contribution in [0, 0.1) is 11.8 Å². The number of aliphatic hydroxyl groups is 1. The largest absolute Gasteiger partial charge is 0.396 e. The van der Waals surface area contributed by atoms with Gasteiger partial charge in [0.1, 0.15) is 0 Å². The molecule has 4 nitrogen and oxygen atoms in total. The van der Waals surface area contributed by atoms with Crippen molar-refractivity contribution in [2.24, 2.45) is 11.8 Å². The fourth-order valence-corrected chi connectivity index (χ4v) is 2.13. The van der Waals surface area contributed by atoms with Gasteiger partial charge in [0.2, 0.25) is 5.91 Å². The minimum absolute atomic E-state index is 0.0737. The summed E-state index contributed by atoms with van der Waals surface area (Å²) in [5.74, 6) is 0.593. The summed E-state index contributed by atoms with van der Waals surface area (Å²) >= 11 is 0. The zero-order valence-electron chi connectivity index (χ0n) is 10.5. The van der Waals surface area contributed by atoms with E-state index in [1.807, 2.05) is 13.8 Å². The lowest BCUT2D eigenvalue weighted by atomic mass is 9.91. The van der Waals surface area contributed by atoms with E-state index in [0.29, 0.717) is 12.3 Å². The van der Waals surface area contributed by atoms with Gasteiger partial charge < -0.3 is 15.7 Å². The summed E-state index contributed by atoms with van der Waals surface area (Å²) in [4.78, 5) is 12.1. The van der Waals surface area contributed by atoms with Crippen LogP contribution in [0.5, 0.6) is 0 Å². The minimum Gasteiger partial charge on any atom is -0.396 e. The third-order valence-corrected chi connectivity index (χ3v) is 3.72. The van der Waals surface area contributed by atoms with Crippen molar-refractivity contribution >= 4 is 5.91 Å². The van der Waals surface area contributed by atoms with Gasteiger partial charge in [-0.05, 0) is 32.2 Å². The summed E-state index contributed by atoms with van der Waals surface area (Å²) < 4.78 is 0. The molecule has 1 aliphatic rings. The van der Waals surface area contributed by atoms with Gasteiger partial charge in [0.15, 0.2) is 0 Å². The molecule has 3 unspecified atom stereocenters. The first-order valence-electron chi connectivity index (χ1n) is 6.16. The summed E-state index contributed by atoms with van der Waals surface area (Å²) in [5.41, 5.74) is -0.270. The lowest BCUT2D eigenvalue weighted by molar-refractivity contribution is -0.127. The molecule has 0 radical (unpaired) electrons. The van der Waals surface area contributed by atoms with Crippen LogP contribution in [0.1, 0.15) is 33.6 Å². The Morgan fingerprint density at radius 2 is 2.25 bits per heavy atom. The Bertz CT molecular complexity index is 245. The Balaban J connectivity index is 2.54. The Kier molecular flexibility index (Phi) is 4.74. The molecule has 16 heavy (non-hydrogen) atoms. The highest BCUT2D eigenvalue weighted by atomic mass is 16.3. The van der Waals surface area contributed by atoms with Gasteiger partial charge in [0, 0.05) is 18.7 Å². The fourth-order valence-electron chi connectivity index (χ4n) is 2.13. The summed E-state index contributed by atoms with van der Waals surface area (Å²) in [6.45, 7) is 7.93. The fraction of sp³-hybridized carbons (Fsp3) is 0.917. The Hall–Kier alpha value is -0.610. The maximum atomic E-state index is 12.1. The standard InChI is InChI=1S/C12H24N2O2/c1-4-12(3,5-6-15)14-11(16)10-8-13-7-9(10)2/h9-10,13,15H,4-8H2,1-3H3,(H,14,16). The molecule has 1 saturated heterocycles. The molecule has 0 aliphatic carbocycles. The molecule has 0 aromatic carbocycles. The number of carbonyl (C=O) groups excluding carboxylic acids is 1. The number of hydrogen-bond donors (Lipinski definition) is 3. The highest BCUT2D eigenvalue weighted by Gasteiger charge is 2.33. The van der Waals surface area contributed by atoms with Gasteiger partial charge in [-0.2, -0.15) is 0 Å². The number of carbonyl (C=O) groups is 1. The van der Waals surface area contributed by atoms with Crippen LogP contribution in [-0.2, 0) is 4.79 Å². The first kappa shape index (κ1) is 13.5. The molecule has 1 rings (SSSR count). The molecular formula is C12H24N2O2. The molecular weight excluding hydrogens is 204 g/mol. The van der Waals surface area contributed by atoms with Crippen molar-refractivity contribution in [3.8, 4) is 0 Å². The van der Waals surface area contributed by atoms with E-state index in [0.717, 1.165) is 19.5 Å². The zero-order chi connectivity index (χ0) is 12.2. The van der Waals surface area contributed by atoms with E-state index < -0.39 is 0 Å². The number of hydrogen-bond acceptors (Lipinski definition) is 3. The van der Waals surface area contributed by atoms with E-state index in [1.54, 1.807) is 0 Å². The Morgan fingerprint density at radius 1 is 1.56 bits per heavy atom. The summed E-state index contributed by atoms with van der Waals surface area (Å²) in [7, 11) is 0. The molecule has 0 aromatic heterocycles. The topological polar surface area (TPSA) is 61.4 Å². The van der Waals surface area contributed by atoms with Crippen LogP contribution in [0.3, 0.4) is 0 Å². The van der Waals surface area contributed by atoms with Gasteiger partial charge in [-0.1, -0.05) is 13.8 Å². The SMILES string of the molecule is CCC(C)(CCO)NC(=O)C1CNCC1C. The van der Waals surface area contributed by atoms with Crippen LogP contribution in [0.25, 0.3) is 0 Å². The second kappa shape index (κ2) is 5.64. The molecule has 0 spiro atoms. The Morgan fingerprint density at radius 3 is 2.69 bits per heavy atom. The van der Waals surface area contributed by atoms with E-state index in [4.69, 9.17) is 5.11 Å². The van der Waals surface area contributed by atoms with Crippen molar-refractivity contribution in [2.45, 2.75) is 39.2 Å². The number of rotatable bonds is 5. The molecule has 1 amide bonds. The van der Waals surface area contributed by atoms with Crippen molar-refractivity contribution in [1.82, 2.24) is 10.6 Å². The zero-order valence-corrected chi connectivity index (χ0v) is 10.5. The normalized spacial score (nSPS) is 28.8. The van der Waals surface area contributed by atoms with Crippen molar-refractivity contribution < 1.29 is 9.90 Å². The quantitative estimate of drug-likeness (QED) is 0.642. The average molecular weight is 228 g/mol. The maximum Gasteiger partial charge on any atom is 0.225 e. The predicted octanol–water partition coefficient (Wildman–Crippen LogP) is 0.509. The maximum absolute atomic E-state index is 12.1. The molecule has 94 valence electrons.